The van der Waals surface area contributed by atoms with Crippen LogP contribution in [-0.4, -0.2) is 34.0 Å². The summed E-state index contributed by atoms with van der Waals surface area (Å²) >= 11 is 0. The van der Waals surface area contributed by atoms with Crippen molar-refractivity contribution in [2.24, 2.45) is 5.92 Å². The first-order valence-electron chi connectivity index (χ1n) is 6.93. The number of nitrogens with zero attached hydrogens (tertiary/aromatic N) is 3. The van der Waals surface area contributed by atoms with Gasteiger partial charge in [-0.15, -0.1) is 0 Å². The quantitative estimate of drug-likeness (QED) is 0.678. The summed E-state index contributed by atoms with van der Waals surface area (Å²) in [5.41, 5.74) is 0. The molecule has 0 spiro atoms. The second kappa shape index (κ2) is 6.85. The van der Waals surface area contributed by atoms with E-state index in [1.54, 1.807) is 6.33 Å². The van der Waals surface area contributed by atoms with E-state index in [2.05, 4.69) is 29.2 Å². The van der Waals surface area contributed by atoms with E-state index in [1.165, 1.54) is 12.8 Å². The second-order valence-corrected chi connectivity index (χ2v) is 5.37. The van der Waals surface area contributed by atoms with Gasteiger partial charge in [0.15, 0.2) is 5.82 Å². The molecule has 1 aliphatic rings. The highest BCUT2D eigenvalue weighted by atomic mass is 16.5. The number of hydrogen-bond acceptors (Lipinski definition) is 4. The van der Waals surface area contributed by atoms with Crippen LogP contribution in [0.4, 0.5) is 0 Å². The zero-order valence-corrected chi connectivity index (χ0v) is 11.4. The van der Waals surface area contributed by atoms with Gasteiger partial charge < -0.3 is 10.1 Å². The highest BCUT2D eigenvalue weighted by Crippen LogP contribution is 2.18. The molecule has 1 aliphatic carbocycles. The van der Waals surface area contributed by atoms with Gasteiger partial charge in [0, 0.05) is 12.6 Å². The molecule has 0 atom stereocenters. The van der Waals surface area contributed by atoms with Crippen LogP contribution in [-0.2, 0) is 17.8 Å². The zero-order chi connectivity index (χ0) is 12.8. The van der Waals surface area contributed by atoms with Crippen molar-refractivity contribution in [2.45, 2.75) is 52.2 Å². The fraction of sp³-hybridized carbons (Fsp3) is 0.846. The molecule has 0 bridgehead atoms. The first-order chi connectivity index (χ1) is 8.74. The Morgan fingerprint density at radius 3 is 3.00 bits per heavy atom. The van der Waals surface area contributed by atoms with Crippen LogP contribution in [0.5, 0.6) is 0 Å². The molecule has 5 heteroatoms. The Bertz CT molecular complexity index is 347. The molecule has 5 nitrogen and oxygen atoms in total. The Balaban J connectivity index is 1.57. The number of hydrogen-bond donors (Lipinski definition) is 1. The highest BCUT2D eigenvalue weighted by Gasteiger charge is 2.20. The minimum absolute atomic E-state index is 0.705. The second-order valence-electron chi connectivity index (χ2n) is 5.37. The number of nitrogens with one attached hydrogen (secondary N) is 1. The Hall–Kier alpha value is -0.940. The SMILES string of the molecule is CC(C)CCOCCn1cnc(CNC2CC2)n1. The zero-order valence-electron chi connectivity index (χ0n) is 11.4. The van der Waals surface area contributed by atoms with Crippen molar-refractivity contribution in [3.05, 3.63) is 12.2 Å². The monoisotopic (exact) mass is 252 g/mol. The van der Waals surface area contributed by atoms with E-state index in [-0.39, 0.29) is 0 Å². The number of ether oxygens (including phenoxy) is 1. The fourth-order valence-corrected chi connectivity index (χ4v) is 1.62. The molecule has 0 aliphatic heterocycles. The topological polar surface area (TPSA) is 52.0 Å². The predicted molar refractivity (Wildman–Crippen MR) is 70.2 cm³/mol. The lowest BCUT2D eigenvalue weighted by Crippen LogP contribution is -2.16. The predicted octanol–water partition coefficient (Wildman–Crippen LogP) is 1.59. The van der Waals surface area contributed by atoms with Crippen LogP contribution >= 0.6 is 0 Å². The first-order valence-corrected chi connectivity index (χ1v) is 6.93. The minimum atomic E-state index is 0.705. The summed E-state index contributed by atoms with van der Waals surface area (Å²) in [5.74, 6) is 1.58. The van der Waals surface area contributed by atoms with Crippen LogP contribution in [0.25, 0.3) is 0 Å². The van der Waals surface area contributed by atoms with Crippen molar-refractivity contribution in [1.82, 2.24) is 20.1 Å². The average Bonchev–Trinajstić information content (AvgIpc) is 3.06. The summed E-state index contributed by atoms with van der Waals surface area (Å²) in [6.45, 7) is 7.54. The fourth-order valence-electron chi connectivity index (χ4n) is 1.62. The maximum Gasteiger partial charge on any atom is 0.164 e. The van der Waals surface area contributed by atoms with Crippen LogP contribution in [0.15, 0.2) is 6.33 Å². The smallest absolute Gasteiger partial charge is 0.164 e. The van der Waals surface area contributed by atoms with Gasteiger partial charge in [0.1, 0.15) is 6.33 Å². The molecule has 0 saturated heterocycles. The van der Waals surface area contributed by atoms with Crippen molar-refractivity contribution < 1.29 is 4.74 Å². The van der Waals surface area contributed by atoms with Crippen LogP contribution in [0, 0.1) is 5.92 Å². The summed E-state index contributed by atoms with van der Waals surface area (Å²) < 4.78 is 7.42. The molecule has 1 saturated carbocycles. The van der Waals surface area contributed by atoms with Crippen LogP contribution in [0.2, 0.25) is 0 Å². The molecular weight excluding hydrogens is 228 g/mol. The molecule has 0 radical (unpaired) electrons. The first kappa shape index (κ1) is 13.5. The van der Waals surface area contributed by atoms with Gasteiger partial charge in [-0.3, -0.25) is 4.68 Å². The third kappa shape index (κ3) is 5.14. The molecule has 2 rings (SSSR count). The van der Waals surface area contributed by atoms with E-state index in [0.29, 0.717) is 18.6 Å². The molecule has 102 valence electrons. The summed E-state index contributed by atoms with van der Waals surface area (Å²) in [6, 6.07) is 0.705. The standard InChI is InChI=1S/C13H24N4O/c1-11(2)5-7-18-8-6-17-10-15-13(16-17)9-14-12-3-4-12/h10-12,14H,3-9H2,1-2H3. The van der Waals surface area contributed by atoms with Crippen molar-refractivity contribution in [3.8, 4) is 0 Å². The van der Waals surface area contributed by atoms with Gasteiger partial charge in [-0.2, -0.15) is 5.10 Å². The van der Waals surface area contributed by atoms with Crippen molar-refractivity contribution in [2.75, 3.05) is 13.2 Å². The average molecular weight is 252 g/mol. The largest absolute Gasteiger partial charge is 0.380 e. The van der Waals surface area contributed by atoms with E-state index in [4.69, 9.17) is 4.74 Å². The molecule has 0 aromatic carbocycles. The Morgan fingerprint density at radius 2 is 2.28 bits per heavy atom. The lowest BCUT2D eigenvalue weighted by molar-refractivity contribution is 0.114. The van der Waals surface area contributed by atoms with Crippen molar-refractivity contribution in [3.63, 3.8) is 0 Å². The maximum absolute atomic E-state index is 5.56. The molecule has 1 aromatic heterocycles. The van der Waals surface area contributed by atoms with Crippen molar-refractivity contribution in [1.29, 1.82) is 0 Å². The molecule has 0 unspecified atom stereocenters. The Kier molecular flexibility index (Phi) is 5.13. The van der Waals surface area contributed by atoms with E-state index in [0.717, 1.165) is 31.9 Å². The van der Waals surface area contributed by atoms with Crippen molar-refractivity contribution >= 4 is 0 Å². The molecule has 1 N–H and O–H groups in total. The third-order valence-corrected chi connectivity index (χ3v) is 3.01. The Morgan fingerprint density at radius 1 is 1.44 bits per heavy atom. The normalized spacial score (nSPS) is 15.5. The van der Waals surface area contributed by atoms with E-state index < -0.39 is 0 Å². The minimum Gasteiger partial charge on any atom is -0.380 e. The maximum atomic E-state index is 5.56. The summed E-state index contributed by atoms with van der Waals surface area (Å²) in [5, 5.41) is 7.81. The lowest BCUT2D eigenvalue weighted by atomic mass is 10.1. The van der Waals surface area contributed by atoms with Gasteiger partial charge >= 0.3 is 0 Å². The molecule has 0 amide bonds. The van der Waals surface area contributed by atoms with Gasteiger partial charge in [-0.1, -0.05) is 13.8 Å². The van der Waals surface area contributed by atoms with Crippen LogP contribution in [0.3, 0.4) is 0 Å². The van der Waals surface area contributed by atoms with Gasteiger partial charge in [-0.25, -0.2) is 4.98 Å². The van der Waals surface area contributed by atoms with Gasteiger partial charge in [0.2, 0.25) is 0 Å². The summed E-state index contributed by atoms with van der Waals surface area (Å²) in [6.07, 6.45) is 5.50. The lowest BCUT2D eigenvalue weighted by Gasteiger charge is -2.06. The van der Waals surface area contributed by atoms with Crippen LogP contribution < -0.4 is 5.32 Å². The molecule has 1 aromatic rings. The molecular formula is C13H24N4O. The molecule has 1 fully saturated rings. The number of aromatic nitrogens is 3. The molecule has 18 heavy (non-hydrogen) atoms. The highest BCUT2D eigenvalue weighted by molar-refractivity contribution is 4.86. The summed E-state index contributed by atoms with van der Waals surface area (Å²) in [4.78, 5) is 4.28. The Labute approximate surface area is 109 Å². The van der Waals surface area contributed by atoms with Gasteiger partial charge in [0.25, 0.3) is 0 Å². The summed E-state index contributed by atoms with van der Waals surface area (Å²) in [7, 11) is 0. The molecule has 1 heterocycles. The van der Waals surface area contributed by atoms with Gasteiger partial charge in [0.05, 0.1) is 19.7 Å². The van der Waals surface area contributed by atoms with E-state index in [9.17, 15) is 0 Å². The third-order valence-electron chi connectivity index (χ3n) is 3.01. The van der Waals surface area contributed by atoms with E-state index >= 15 is 0 Å². The van der Waals surface area contributed by atoms with E-state index in [1.807, 2.05) is 4.68 Å². The van der Waals surface area contributed by atoms with Gasteiger partial charge in [-0.05, 0) is 25.2 Å². The number of rotatable bonds is 9. The van der Waals surface area contributed by atoms with Crippen LogP contribution in [0.1, 0.15) is 38.9 Å².